The van der Waals surface area contributed by atoms with Crippen LogP contribution in [-0.4, -0.2) is 461 Å². The molecule has 2 amide bonds. The van der Waals surface area contributed by atoms with Crippen molar-refractivity contribution in [2.24, 2.45) is 5.92 Å². The van der Waals surface area contributed by atoms with Gasteiger partial charge in [0.25, 0.3) is 0 Å². The van der Waals surface area contributed by atoms with Crippen LogP contribution in [0.1, 0.15) is 26.2 Å². The lowest BCUT2D eigenvalue weighted by atomic mass is 9.95. The number of ketones is 2. The fourth-order valence-electron chi connectivity index (χ4n) is 13.3. The van der Waals surface area contributed by atoms with Crippen molar-refractivity contribution in [2.75, 3.05) is 115 Å². The maximum absolute atomic E-state index is 13.6. The van der Waals surface area contributed by atoms with Gasteiger partial charge in [-0.3, -0.25) is 19.2 Å². The Morgan fingerprint density at radius 1 is 0.376 bits per heavy atom. The first kappa shape index (κ1) is 92.4. The number of aliphatic hydroxyl groups excluding tert-OH is 20. The second kappa shape index (κ2) is 44.4. The number of rotatable bonds is 31. The number of nitrogens with one attached hydrogen (secondary N) is 3. The molecule has 21 rings (SSSR count). The maximum Gasteiger partial charge on any atom is 0.238 e. The summed E-state index contributed by atoms with van der Waals surface area (Å²) >= 11 is 6.06. The minimum atomic E-state index is -2.29. The number of thioether (sulfide) groups is 2. The Labute approximate surface area is 638 Å². The predicted octanol–water partition coefficient (Wildman–Crippen LogP) is -14.0. The standard InChI is InChI=1S/C63H107N3O40S3/c1-23(73)3-8-91-10-11-92-9-4-25(74)13-24(55(89)66-6-12-107)19-108-21-32-53-39(80)46(87)62(98-32)103-51-30(17-71)94-59(42(83)35(51)76)102-50-29(16-70)97-61(45(86)38(50)79)106-54-33(22-109-20-26(64-2)56(90)65-5-7-67)99-63(47(88)40(54)81)104-52-31(18-72)95-58(43(84)36(52)77)100-48-27(14-68)93-57(41(82)34(48)75)101-49-28(15-69)96-60(105-53)44(85)37(49)78/h24,26-54,57-64,67-72,75-88,107H,3-22H2,1-2H3,(H,65,90)(H,66,89)/t24?,26?,27?,28?,29?,30?,31?,32?,33?,34-,35-,36-,37-,38-,39-,40-,41?,42?,43?,44?,45?,46?,47?,48-,49-,50?,51-,52-,53-,54-,57-,58-,59+,60-,61+,62-,63+/m1/s1. The van der Waals surface area contributed by atoms with Gasteiger partial charge in [-0.15, -0.1) is 0 Å². The normalized spacial score (nSPS) is 43.0. The van der Waals surface area contributed by atoms with E-state index in [2.05, 4.69) is 28.6 Å². The summed E-state index contributed by atoms with van der Waals surface area (Å²) in [5.41, 5.74) is 0. The Bertz CT molecular complexity index is 2740. The highest BCUT2D eigenvalue weighted by molar-refractivity contribution is 7.99. The highest BCUT2D eigenvalue weighted by atomic mass is 32.2. The van der Waals surface area contributed by atoms with Crippen molar-refractivity contribution >= 4 is 59.5 Å². The number of hydrogen-bond acceptors (Lipinski definition) is 44. The second-order valence-electron chi connectivity index (χ2n) is 27.1. The van der Waals surface area contributed by atoms with E-state index in [1.54, 1.807) is 0 Å². The van der Waals surface area contributed by atoms with Gasteiger partial charge in [-0.05, 0) is 14.0 Å². The maximum atomic E-state index is 13.6. The molecular weight excluding hydrogens is 1530 g/mol. The molecule has 46 heteroatoms. The molecule has 21 saturated heterocycles. The Kier molecular flexibility index (Phi) is 37.6. The molecule has 0 aromatic heterocycles. The van der Waals surface area contributed by atoms with Crippen molar-refractivity contribution in [3.8, 4) is 0 Å². The molecule has 43 nitrogen and oxygen atoms in total. The van der Waals surface area contributed by atoms with Crippen LogP contribution >= 0.6 is 36.2 Å². The zero-order chi connectivity index (χ0) is 79.7. The Morgan fingerprint density at radius 2 is 0.661 bits per heavy atom. The van der Waals surface area contributed by atoms with Gasteiger partial charge in [0.2, 0.25) is 11.8 Å². The van der Waals surface area contributed by atoms with Gasteiger partial charge in [-0.25, -0.2) is 0 Å². The molecule has 14 bridgehead atoms. The van der Waals surface area contributed by atoms with E-state index in [0.717, 1.165) is 23.5 Å². The molecule has 0 aromatic rings. The third-order valence-corrected chi connectivity index (χ3v) is 22.0. The molecule has 0 radical (unpaired) electrons. The monoisotopic (exact) mass is 1640 g/mol. The van der Waals surface area contributed by atoms with Gasteiger partial charge >= 0.3 is 0 Å². The third kappa shape index (κ3) is 23.4. The number of aliphatic hydroxyl groups is 20. The number of likely N-dealkylation sites (N-methyl/N-ethyl adjacent to an activating group) is 1. The lowest BCUT2D eigenvalue weighted by Crippen LogP contribution is -2.68. The molecule has 21 aliphatic rings. The molecular formula is C63H107N3O40S3. The molecule has 23 N–H and O–H groups in total. The van der Waals surface area contributed by atoms with Crippen molar-refractivity contribution < 1.29 is 197 Å². The van der Waals surface area contributed by atoms with Crippen LogP contribution in [0.2, 0.25) is 0 Å². The average Bonchev–Trinajstić information content (AvgIpc) is 0.804. The van der Waals surface area contributed by atoms with Crippen molar-refractivity contribution in [1.29, 1.82) is 0 Å². The summed E-state index contributed by atoms with van der Waals surface area (Å²) in [5.74, 6) is -3.41. The van der Waals surface area contributed by atoms with Crippen LogP contribution in [0.4, 0.5) is 0 Å². The van der Waals surface area contributed by atoms with Gasteiger partial charge in [0.15, 0.2) is 44.0 Å². The summed E-state index contributed by atoms with van der Waals surface area (Å²) < 4.78 is 94.4. The van der Waals surface area contributed by atoms with Crippen LogP contribution in [0.25, 0.3) is 0 Å². The zero-order valence-electron chi connectivity index (χ0n) is 59.4. The van der Waals surface area contributed by atoms with E-state index in [0.29, 0.717) is 0 Å². The van der Waals surface area contributed by atoms with Crippen LogP contribution in [0.15, 0.2) is 0 Å². The van der Waals surface area contributed by atoms with Gasteiger partial charge in [-0.2, -0.15) is 36.2 Å². The average molecular weight is 1640 g/mol. The van der Waals surface area contributed by atoms with Crippen LogP contribution in [0, 0.1) is 5.92 Å². The molecule has 632 valence electrons. The fourth-order valence-corrected chi connectivity index (χ4v) is 15.8. The van der Waals surface area contributed by atoms with Crippen LogP contribution in [0.3, 0.4) is 0 Å². The lowest BCUT2D eigenvalue weighted by Gasteiger charge is -2.50. The fraction of sp³-hybridized carbons (Fsp3) is 0.937. The van der Waals surface area contributed by atoms with E-state index in [1.807, 2.05) is 0 Å². The highest BCUT2D eigenvalue weighted by Gasteiger charge is 2.60. The molecule has 37 atom stereocenters. The third-order valence-electron chi connectivity index (χ3n) is 19.4. The number of carbonyl (C=O) groups is 4. The van der Waals surface area contributed by atoms with Crippen molar-refractivity contribution in [3.05, 3.63) is 0 Å². The van der Waals surface area contributed by atoms with E-state index >= 15 is 0 Å². The van der Waals surface area contributed by atoms with Crippen LogP contribution in [-0.2, 0) is 95.0 Å². The van der Waals surface area contributed by atoms with Gasteiger partial charge in [0.1, 0.15) is 170 Å². The number of ether oxygens (including phenoxy) is 16. The first-order valence-corrected chi connectivity index (χ1v) is 38.5. The summed E-state index contributed by atoms with van der Waals surface area (Å²) in [5, 5.41) is 236. The minimum absolute atomic E-state index is 0.0536. The Balaban J connectivity index is 1.09. The summed E-state index contributed by atoms with van der Waals surface area (Å²) in [7, 11) is 1.46. The van der Waals surface area contributed by atoms with E-state index in [4.69, 9.17) is 75.8 Å². The molecule has 21 aliphatic heterocycles. The molecule has 0 aromatic carbocycles. The van der Waals surface area contributed by atoms with Crippen LogP contribution in [0.5, 0.6) is 0 Å². The molecule has 17 unspecified atom stereocenters. The van der Waals surface area contributed by atoms with Gasteiger partial charge in [0.05, 0.1) is 90.2 Å². The van der Waals surface area contributed by atoms with Gasteiger partial charge < -0.3 is 194 Å². The van der Waals surface area contributed by atoms with Crippen molar-refractivity contribution in [3.63, 3.8) is 0 Å². The Morgan fingerprint density at radius 3 is 0.945 bits per heavy atom. The topological polar surface area (TPSA) is 657 Å². The van der Waals surface area contributed by atoms with Gasteiger partial charge in [-0.1, -0.05) is 0 Å². The first-order valence-electron chi connectivity index (χ1n) is 35.6. The molecule has 0 spiro atoms. The summed E-state index contributed by atoms with van der Waals surface area (Å²) in [6.07, 6.45) is -72.3. The first-order chi connectivity index (χ1) is 52.1. The molecule has 109 heavy (non-hydrogen) atoms. The minimum Gasteiger partial charge on any atom is -0.395 e. The largest absolute Gasteiger partial charge is 0.395 e. The summed E-state index contributed by atoms with van der Waals surface area (Å²) in [6, 6.07) is -0.938. The summed E-state index contributed by atoms with van der Waals surface area (Å²) in [4.78, 5) is 51.2. The molecule has 21 fully saturated rings. The molecule has 0 saturated carbocycles. The SMILES string of the molecule is CNC(CSCC1O[C@H]2O[C@@H]3C(CO)O[C@H](O[C@@H]4C(CO)O[C@H](O[C@@H]5C(CO)O[C@H](O[C@@H]6C(CSCC(CC(=O)CCOCCOCCC(C)=O)C(=O)NCCS)O[C@H](O[C@@H]7C(CO)O[C@@H](OC8C(CO)O[C@@H](O[C@H]1[C@H](O)C2O)C(O)[C@H]8O)C(O)[C@H]7O)C(O)[C@H]6O)C(O)[C@H]5O)C(O)[C@H]4O)C(O)[C@H]3O)C(=O)NCCO. The predicted molar refractivity (Wildman–Crippen MR) is 363 cm³/mol. The highest BCUT2D eigenvalue weighted by Crippen LogP contribution is 2.40. The van der Waals surface area contributed by atoms with E-state index in [-0.39, 0.29) is 87.6 Å². The van der Waals surface area contributed by atoms with Crippen molar-refractivity contribution in [2.45, 2.75) is 247 Å². The smallest absolute Gasteiger partial charge is 0.238 e. The Hall–Kier alpha value is -2.15. The van der Waals surface area contributed by atoms with Crippen molar-refractivity contribution in [1.82, 2.24) is 16.0 Å². The van der Waals surface area contributed by atoms with E-state index < -0.39 is 290 Å². The van der Waals surface area contributed by atoms with Gasteiger partial charge in [0, 0.05) is 61.1 Å². The van der Waals surface area contributed by atoms with E-state index in [9.17, 15) is 121 Å². The lowest BCUT2D eigenvalue weighted by molar-refractivity contribution is -0.395. The number of carbonyl (C=O) groups excluding carboxylic acids is 4. The second-order valence-corrected chi connectivity index (χ2v) is 29.7. The number of Topliss-reactive ketones (excluding diaryl/α,β-unsaturated/α-hetero) is 2. The van der Waals surface area contributed by atoms with E-state index in [1.165, 1.54) is 14.0 Å². The molecule has 21 heterocycles. The number of hydrogen-bond donors (Lipinski definition) is 24. The molecule has 0 aliphatic carbocycles. The quantitative estimate of drug-likeness (QED) is 0.0226. The summed E-state index contributed by atoms with van der Waals surface area (Å²) in [6.45, 7) is -4.13. The van der Waals surface area contributed by atoms with Crippen LogP contribution < -0.4 is 16.0 Å². The zero-order valence-corrected chi connectivity index (χ0v) is 61.9. The number of thiol groups is 1. The number of amides is 2.